The smallest absolute Gasteiger partial charge is 0.467 e. The highest BCUT2D eigenvalue weighted by atomic mass is 19.4. The number of morpholine rings is 1. The first-order chi connectivity index (χ1) is 11.3. The quantitative estimate of drug-likeness (QED) is 0.773. The molecule has 0 aliphatic carbocycles. The first-order valence-corrected chi connectivity index (χ1v) is 7.10. The van der Waals surface area contributed by atoms with E-state index in [-0.39, 0.29) is 31.2 Å². The summed E-state index contributed by atoms with van der Waals surface area (Å²) < 4.78 is 50.3. The molecule has 1 aliphatic rings. The van der Waals surface area contributed by atoms with Crippen LogP contribution in [0.1, 0.15) is 5.56 Å². The molecule has 1 aliphatic heterocycles. The number of amides is 1. The van der Waals surface area contributed by atoms with Crippen LogP contribution in [0.5, 0.6) is 5.75 Å². The molecule has 0 bridgehead atoms. The summed E-state index contributed by atoms with van der Waals surface area (Å²) in [5, 5.41) is 0. The largest absolute Gasteiger partial charge is 0.573 e. The molecule has 2 rings (SSSR count). The Balaban J connectivity index is 1.99. The lowest BCUT2D eigenvalue weighted by Crippen LogP contribution is -2.49. The number of rotatable bonds is 4. The number of ether oxygens (including phenoxy) is 3. The third-order valence-electron chi connectivity index (χ3n) is 3.37. The zero-order chi connectivity index (χ0) is 17.7. The van der Waals surface area contributed by atoms with Gasteiger partial charge in [-0.2, -0.15) is 0 Å². The highest BCUT2D eigenvalue weighted by molar-refractivity contribution is 5.81. The fourth-order valence-corrected chi connectivity index (χ4v) is 2.29. The molecular weight excluding hydrogens is 331 g/mol. The van der Waals surface area contributed by atoms with E-state index >= 15 is 0 Å². The van der Waals surface area contributed by atoms with Crippen molar-refractivity contribution in [2.45, 2.75) is 18.9 Å². The molecule has 9 heteroatoms. The molecule has 1 saturated heterocycles. The Kier molecular flexibility index (Phi) is 5.66. The Bertz CT molecular complexity index is 605. The number of alkyl halides is 3. The first-order valence-electron chi connectivity index (χ1n) is 7.10. The predicted octanol–water partition coefficient (Wildman–Crippen LogP) is 1.53. The van der Waals surface area contributed by atoms with Crippen LogP contribution >= 0.6 is 0 Å². The van der Waals surface area contributed by atoms with Crippen molar-refractivity contribution in [3.63, 3.8) is 0 Å². The number of benzene rings is 1. The zero-order valence-electron chi connectivity index (χ0n) is 12.8. The van der Waals surface area contributed by atoms with Gasteiger partial charge in [0.2, 0.25) is 5.91 Å². The molecule has 1 fully saturated rings. The van der Waals surface area contributed by atoms with E-state index in [1.807, 2.05) is 0 Å². The van der Waals surface area contributed by atoms with Crippen LogP contribution in [-0.4, -0.2) is 56.0 Å². The molecule has 1 aromatic carbocycles. The van der Waals surface area contributed by atoms with Crippen molar-refractivity contribution < 1.29 is 37.0 Å². The van der Waals surface area contributed by atoms with Crippen molar-refractivity contribution in [2.75, 3.05) is 26.8 Å². The van der Waals surface area contributed by atoms with Crippen LogP contribution in [0.25, 0.3) is 0 Å². The van der Waals surface area contributed by atoms with E-state index in [4.69, 9.17) is 4.74 Å². The van der Waals surface area contributed by atoms with E-state index in [0.717, 1.165) is 12.1 Å². The van der Waals surface area contributed by atoms with Crippen molar-refractivity contribution in [1.82, 2.24) is 4.90 Å². The Morgan fingerprint density at radius 1 is 1.38 bits per heavy atom. The van der Waals surface area contributed by atoms with Gasteiger partial charge >= 0.3 is 12.3 Å². The van der Waals surface area contributed by atoms with Crippen molar-refractivity contribution in [1.29, 1.82) is 0 Å². The fraction of sp³-hybridized carbons (Fsp3) is 0.467. The summed E-state index contributed by atoms with van der Waals surface area (Å²) in [6.45, 7) is 0.526. The van der Waals surface area contributed by atoms with E-state index in [2.05, 4.69) is 9.47 Å². The third kappa shape index (κ3) is 5.12. The molecule has 0 spiro atoms. The van der Waals surface area contributed by atoms with Gasteiger partial charge in [-0.05, 0) is 17.7 Å². The monoisotopic (exact) mass is 347 g/mol. The number of carbonyl (C=O) groups is 2. The van der Waals surface area contributed by atoms with Gasteiger partial charge in [0.05, 0.1) is 26.7 Å². The number of hydrogen-bond acceptors (Lipinski definition) is 5. The standard InChI is InChI=1S/C15H16F3NO5/c1-22-14(21)12-9-19(5-6-23-12)13(20)8-10-3-2-4-11(7-10)24-15(16,17)18/h2-4,7,12H,5-6,8-9H2,1H3. The lowest BCUT2D eigenvalue weighted by Gasteiger charge is -2.31. The SMILES string of the molecule is COC(=O)C1CN(C(=O)Cc2cccc(OC(F)(F)F)c2)CCO1. The summed E-state index contributed by atoms with van der Waals surface area (Å²) in [7, 11) is 1.22. The minimum Gasteiger partial charge on any atom is -0.467 e. The van der Waals surface area contributed by atoms with Gasteiger partial charge < -0.3 is 19.1 Å². The summed E-state index contributed by atoms with van der Waals surface area (Å²) in [6, 6.07) is 5.22. The second-order valence-electron chi connectivity index (χ2n) is 5.09. The fourth-order valence-electron chi connectivity index (χ4n) is 2.29. The summed E-state index contributed by atoms with van der Waals surface area (Å²) in [6.07, 6.45) is -5.75. The van der Waals surface area contributed by atoms with Gasteiger partial charge in [-0.15, -0.1) is 13.2 Å². The summed E-state index contributed by atoms with van der Waals surface area (Å²) >= 11 is 0. The van der Waals surface area contributed by atoms with Gasteiger partial charge in [0.1, 0.15) is 5.75 Å². The Hall–Kier alpha value is -2.29. The highest BCUT2D eigenvalue weighted by Crippen LogP contribution is 2.23. The summed E-state index contributed by atoms with van der Waals surface area (Å²) in [5.41, 5.74) is 0.378. The topological polar surface area (TPSA) is 65.1 Å². The normalized spacial score (nSPS) is 18.2. The van der Waals surface area contributed by atoms with Gasteiger partial charge in [0.25, 0.3) is 0 Å². The molecule has 6 nitrogen and oxygen atoms in total. The predicted molar refractivity (Wildman–Crippen MR) is 75.2 cm³/mol. The summed E-state index contributed by atoms with van der Waals surface area (Å²) in [5.74, 6) is -1.29. The van der Waals surface area contributed by atoms with Crippen molar-refractivity contribution in [2.24, 2.45) is 0 Å². The lowest BCUT2D eigenvalue weighted by atomic mass is 10.1. The van der Waals surface area contributed by atoms with E-state index in [1.54, 1.807) is 0 Å². The maximum absolute atomic E-state index is 12.3. The average molecular weight is 347 g/mol. The highest BCUT2D eigenvalue weighted by Gasteiger charge is 2.32. The van der Waals surface area contributed by atoms with Gasteiger partial charge in [0, 0.05) is 6.54 Å². The molecule has 24 heavy (non-hydrogen) atoms. The van der Waals surface area contributed by atoms with E-state index in [1.165, 1.54) is 24.1 Å². The minimum absolute atomic E-state index is 0.0459. The number of methoxy groups -OCH3 is 1. The second kappa shape index (κ2) is 7.52. The first kappa shape index (κ1) is 18.1. The average Bonchev–Trinajstić information content (AvgIpc) is 2.53. The molecule has 0 N–H and O–H groups in total. The Morgan fingerprint density at radius 3 is 2.79 bits per heavy atom. The van der Waals surface area contributed by atoms with Crippen LogP contribution in [0.2, 0.25) is 0 Å². The molecule has 0 saturated carbocycles. The van der Waals surface area contributed by atoms with Gasteiger partial charge in [-0.1, -0.05) is 12.1 Å². The molecule has 1 amide bonds. The maximum Gasteiger partial charge on any atom is 0.573 e. The molecule has 1 atom stereocenters. The Labute approximate surface area is 136 Å². The van der Waals surface area contributed by atoms with Crippen molar-refractivity contribution in [3.8, 4) is 5.75 Å². The van der Waals surface area contributed by atoms with Gasteiger partial charge in [-0.25, -0.2) is 4.79 Å². The molecule has 0 radical (unpaired) electrons. The number of hydrogen-bond donors (Lipinski definition) is 0. The number of halogens is 3. The number of nitrogens with zero attached hydrogens (tertiary/aromatic N) is 1. The van der Waals surface area contributed by atoms with Crippen LogP contribution < -0.4 is 4.74 Å². The molecule has 0 aromatic heterocycles. The van der Waals surface area contributed by atoms with Crippen molar-refractivity contribution in [3.05, 3.63) is 29.8 Å². The van der Waals surface area contributed by atoms with Crippen LogP contribution in [0, 0.1) is 0 Å². The second-order valence-corrected chi connectivity index (χ2v) is 5.09. The minimum atomic E-state index is -4.79. The van der Waals surface area contributed by atoms with Crippen molar-refractivity contribution >= 4 is 11.9 Å². The zero-order valence-corrected chi connectivity index (χ0v) is 12.8. The molecular formula is C15H16F3NO5. The molecule has 132 valence electrons. The molecule has 1 aromatic rings. The van der Waals surface area contributed by atoms with Gasteiger partial charge in [0.15, 0.2) is 6.10 Å². The number of carbonyl (C=O) groups excluding carboxylic acids is 2. The lowest BCUT2D eigenvalue weighted by molar-refractivity contribution is -0.274. The van der Waals surface area contributed by atoms with Crippen LogP contribution in [0.15, 0.2) is 24.3 Å². The maximum atomic E-state index is 12.3. The van der Waals surface area contributed by atoms with E-state index < -0.39 is 18.4 Å². The van der Waals surface area contributed by atoms with Crippen LogP contribution in [0.4, 0.5) is 13.2 Å². The Morgan fingerprint density at radius 2 is 2.12 bits per heavy atom. The van der Waals surface area contributed by atoms with E-state index in [0.29, 0.717) is 12.1 Å². The summed E-state index contributed by atoms with van der Waals surface area (Å²) in [4.78, 5) is 25.2. The van der Waals surface area contributed by atoms with Crippen LogP contribution in [-0.2, 0) is 25.5 Å². The third-order valence-corrected chi connectivity index (χ3v) is 3.37. The molecule has 1 heterocycles. The van der Waals surface area contributed by atoms with Gasteiger partial charge in [-0.3, -0.25) is 4.79 Å². The van der Waals surface area contributed by atoms with E-state index in [9.17, 15) is 22.8 Å². The number of esters is 1. The molecule has 1 unspecified atom stereocenters. The van der Waals surface area contributed by atoms with Crippen LogP contribution in [0.3, 0.4) is 0 Å².